The number of rotatable bonds is 3. The lowest BCUT2D eigenvalue weighted by Gasteiger charge is -2.08. The molecule has 2 aliphatic rings. The lowest BCUT2D eigenvalue weighted by atomic mass is 10.0. The van der Waals surface area contributed by atoms with E-state index in [9.17, 15) is 0 Å². The molecule has 23 heavy (non-hydrogen) atoms. The molecule has 2 aliphatic heterocycles. The van der Waals surface area contributed by atoms with Gasteiger partial charge in [0.15, 0.2) is 0 Å². The van der Waals surface area contributed by atoms with Crippen LogP contribution in [0.2, 0.25) is 0 Å². The van der Waals surface area contributed by atoms with E-state index in [0.29, 0.717) is 0 Å². The van der Waals surface area contributed by atoms with Crippen molar-refractivity contribution in [2.24, 2.45) is 4.99 Å². The molecule has 0 saturated carbocycles. The Morgan fingerprint density at radius 1 is 1.00 bits per heavy atom. The summed E-state index contributed by atoms with van der Waals surface area (Å²) in [4.78, 5) is 10.1. The van der Waals surface area contributed by atoms with Gasteiger partial charge in [0.2, 0.25) is 0 Å². The van der Waals surface area contributed by atoms with E-state index in [1.165, 1.54) is 0 Å². The van der Waals surface area contributed by atoms with Crippen molar-refractivity contribution in [3.8, 4) is 0 Å². The molecule has 0 amide bonds. The number of hydroxylamine groups is 1. The van der Waals surface area contributed by atoms with Crippen molar-refractivity contribution in [2.45, 2.75) is 6.10 Å². The predicted octanol–water partition coefficient (Wildman–Crippen LogP) is 2.24. The first-order valence-corrected chi connectivity index (χ1v) is 7.68. The van der Waals surface area contributed by atoms with E-state index in [1.807, 2.05) is 24.3 Å². The lowest BCUT2D eigenvalue weighted by Crippen LogP contribution is -2.19. The van der Waals surface area contributed by atoms with Gasteiger partial charge in [0.05, 0.1) is 12.2 Å². The van der Waals surface area contributed by atoms with Gasteiger partial charge in [-0.3, -0.25) is 15.3 Å². The summed E-state index contributed by atoms with van der Waals surface area (Å²) >= 11 is 0. The lowest BCUT2D eigenvalue weighted by molar-refractivity contribution is 0.0511. The summed E-state index contributed by atoms with van der Waals surface area (Å²) in [5, 5.41) is 3.28. The molecule has 0 fully saturated rings. The quantitative estimate of drug-likeness (QED) is 0.761. The zero-order valence-electron chi connectivity index (χ0n) is 12.6. The SMILES string of the molecule is Nc1ccc(C2C=C(c3ccc(C4=NCCN4)cc3)NO2)cc1. The molecule has 1 atom stereocenters. The fourth-order valence-electron chi connectivity index (χ4n) is 2.75. The van der Waals surface area contributed by atoms with Gasteiger partial charge in [-0.2, -0.15) is 0 Å². The van der Waals surface area contributed by atoms with Crippen LogP contribution >= 0.6 is 0 Å². The molecule has 116 valence electrons. The van der Waals surface area contributed by atoms with Crippen LogP contribution in [0, 0.1) is 0 Å². The van der Waals surface area contributed by atoms with Crippen LogP contribution in [0.15, 0.2) is 59.6 Å². The van der Waals surface area contributed by atoms with E-state index < -0.39 is 0 Å². The zero-order valence-corrected chi connectivity index (χ0v) is 12.6. The maximum Gasteiger partial charge on any atom is 0.131 e. The number of nitrogens with one attached hydrogen (secondary N) is 2. The maximum absolute atomic E-state index is 5.72. The normalized spacial score (nSPS) is 19.7. The minimum Gasteiger partial charge on any atom is -0.399 e. The Morgan fingerprint density at radius 3 is 2.43 bits per heavy atom. The predicted molar refractivity (Wildman–Crippen MR) is 91.6 cm³/mol. The molecule has 5 nitrogen and oxygen atoms in total. The molecular formula is C18H18N4O. The Kier molecular flexibility index (Phi) is 3.48. The second kappa shape index (κ2) is 5.78. The highest BCUT2D eigenvalue weighted by molar-refractivity contribution is 5.99. The van der Waals surface area contributed by atoms with Gasteiger partial charge in [0.25, 0.3) is 0 Å². The average Bonchev–Trinajstić information content (AvgIpc) is 3.28. The van der Waals surface area contributed by atoms with Crippen LogP contribution in [0.4, 0.5) is 5.69 Å². The van der Waals surface area contributed by atoms with Gasteiger partial charge < -0.3 is 11.1 Å². The fraction of sp³-hybridized carbons (Fsp3) is 0.167. The number of nitrogen functional groups attached to an aromatic ring is 1. The Balaban J connectivity index is 1.54. The van der Waals surface area contributed by atoms with Gasteiger partial charge in [-0.05, 0) is 29.3 Å². The smallest absolute Gasteiger partial charge is 0.131 e. The summed E-state index contributed by atoms with van der Waals surface area (Å²) < 4.78 is 0. The van der Waals surface area contributed by atoms with Crippen LogP contribution < -0.4 is 16.5 Å². The summed E-state index contributed by atoms with van der Waals surface area (Å²) in [6.45, 7) is 1.77. The Bertz CT molecular complexity index is 763. The van der Waals surface area contributed by atoms with E-state index in [-0.39, 0.29) is 6.10 Å². The van der Waals surface area contributed by atoms with Crippen molar-refractivity contribution in [3.63, 3.8) is 0 Å². The molecule has 0 aliphatic carbocycles. The van der Waals surface area contributed by atoms with Crippen molar-refractivity contribution in [2.75, 3.05) is 18.8 Å². The third-order valence-electron chi connectivity index (χ3n) is 4.02. The minimum absolute atomic E-state index is 0.105. The number of nitrogens with two attached hydrogens (primary N) is 1. The summed E-state index contributed by atoms with van der Waals surface area (Å²) in [5.74, 6) is 0.973. The highest BCUT2D eigenvalue weighted by Gasteiger charge is 2.19. The second-order valence-corrected chi connectivity index (χ2v) is 5.62. The van der Waals surface area contributed by atoms with Crippen LogP contribution in [0.25, 0.3) is 5.70 Å². The van der Waals surface area contributed by atoms with Gasteiger partial charge >= 0.3 is 0 Å². The largest absolute Gasteiger partial charge is 0.399 e. The number of aliphatic imine (C=N–C) groups is 1. The Labute approximate surface area is 134 Å². The number of anilines is 1. The van der Waals surface area contributed by atoms with E-state index in [1.54, 1.807) is 0 Å². The molecule has 5 heteroatoms. The molecule has 0 saturated heterocycles. The van der Waals surface area contributed by atoms with Crippen molar-refractivity contribution in [3.05, 3.63) is 71.3 Å². The summed E-state index contributed by atoms with van der Waals surface area (Å²) in [7, 11) is 0. The number of benzene rings is 2. The first kappa shape index (κ1) is 13.8. The molecular weight excluding hydrogens is 288 g/mol. The van der Waals surface area contributed by atoms with E-state index in [4.69, 9.17) is 10.6 Å². The molecule has 2 heterocycles. The Morgan fingerprint density at radius 2 is 1.74 bits per heavy atom. The third-order valence-corrected chi connectivity index (χ3v) is 4.02. The molecule has 0 spiro atoms. The average molecular weight is 306 g/mol. The fourth-order valence-corrected chi connectivity index (χ4v) is 2.75. The molecule has 2 aromatic rings. The van der Waals surface area contributed by atoms with Crippen LogP contribution in [0.5, 0.6) is 0 Å². The van der Waals surface area contributed by atoms with Gasteiger partial charge in [-0.15, -0.1) is 0 Å². The van der Waals surface area contributed by atoms with E-state index >= 15 is 0 Å². The van der Waals surface area contributed by atoms with Crippen molar-refractivity contribution in [1.29, 1.82) is 0 Å². The monoisotopic (exact) mass is 306 g/mol. The number of amidine groups is 1. The molecule has 2 aromatic carbocycles. The minimum atomic E-state index is -0.105. The van der Waals surface area contributed by atoms with Crippen LogP contribution in [-0.4, -0.2) is 18.9 Å². The van der Waals surface area contributed by atoms with Crippen molar-refractivity contribution >= 4 is 17.2 Å². The van der Waals surface area contributed by atoms with Crippen LogP contribution in [-0.2, 0) is 4.84 Å². The number of hydrogen-bond acceptors (Lipinski definition) is 5. The van der Waals surface area contributed by atoms with Gasteiger partial charge in [0.1, 0.15) is 11.9 Å². The molecule has 0 bridgehead atoms. The molecule has 4 N–H and O–H groups in total. The van der Waals surface area contributed by atoms with Gasteiger partial charge in [0, 0.05) is 17.8 Å². The third kappa shape index (κ3) is 2.78. The van der Waals surface area contributed by atoms with Gasteiger partial charge in [-0.1, -0.05) is 36.4 Å². The molecule has 1 unspecified atom stereocenters. The Hall–Kier alpha value is -2.79. The molecule has 4 rings (SSSR count). The second-order valence-electron chi connectivity index (χ2n) is 5.62. The summed E-state index contributed by atoms with van der Waals surface area (Å²) in [6.07, 6.45) is 1.97. The van der Waals surface area contributed by atoms with Crippen molar-refractivity contribution in [1.82, 2.24) is 10.8 Å². The van der Waals surface area contributed by atoms with E-state index in [0.717, 1.165) is 47.0 Å². The molecule has 0 aromatic heterocycles. The topological polar surface area (TPSA) is 71.7 Å². The zero-order chi connectivity index (χ0) is 15.6. The highest BCUT2D eigenvalue weighted by atomic mass is 16.7. The van der Waals surface area contributed by atoms with Crippen molar-refractivity contribution < 1.29 is 4.84 Å². The van der Waals surface area contributed by atoms with Crippen LogP contribution in [0.3, 0.4) is 0 Å². The molecule has 0 radical (unpaired) electrons. The van der Waals surface area contributed by atoms with Crippen LogP contribution in [0.1, 0.15) is 22.8 Å². The number of nitrogens with zero attached hydrogens (tertiary/aromatic N) is 1. The first-order valence-electron chi connectivity index (χ1n) is 7.68. The van der Waals surface area contributed by atoms with E-state index in [2.05, 4.69) is 46.1 Å². The maximum atomic E-state index is 5.72. The summed E-state index contributed by atoms with van der Waals surface area (Å²) in [5.41, 5.74) is 13.7. The standard InChI is InChI=1S/C18H18N4O/c19-15-7-5-13(6-8-15)17-11-16(22-23-17)12-1-3-14(4-2-12)18-20-9-10-21-18/h1-8,11,17,22H,9-10,19H2,(H,20,21). The number of hydrogen-bond donors (Lipinski definition) is 3. The first-order chi connectivity index (χ1) is 11.3. The summed E-state index contributed by atoms with van der Waals surface area (Å²) in [6, 6.07) is 16.0. The van der Waals surface area contributed by atoms with Gasteiger partial charge in [-0.25, -0.2) is 0 Å². The highest BCUT2D eigenvalue weighted by Crippen LogP contribution is 2.29.